The SMILES string of the molecule is O=c1c2ccccc2nc(C2CCCN2CC2CCC2)n1CC(F)(F)F. The molecule has 1 saturated heterocycles. The molecule has 2 aromatic rings. The molecule has 1 aromatic carbocycles. The monoisotopic (exact) mass is 365 g/mol. The Morgan fingerprint density at radius 2 is 1.88 bits per heavy atom. The van der Waals surface area contributed by atoms with Crippen LogP contribution in [0, 0.1) is 5.92 Å². The average molecular weight is 365 g/mol. The van der Waals surface area contributed by atoms with E-state index in [-0.39, 0.29) is 17.3 Å². The number of halogens is 3. The van der Waals surface area contributed by atoms with Crippen molar-refractivity contribution in [1.82, 2.24) is 14.5 Å². The zero-order valence-electron chi connectivity index (χ0n) is 14.5. The molecule has 140 valence electrons. The first-order chi connectivity index (χ1) is 12.4. The number of para-hydroxylation sites is 1. The third-order valence-electron chi connectivity index (χ3n) is 5.61. The van der Waals surface area contributed by atoms with Crippen LogP contribution in [0.25, 0.3) is 10.9 Å². The van der Waals surface area contributed by atoms with E-state index < -0.39 is 18.3 Å². The summed E-state index contributed by atoms with van der Waals surface area (Å²) < 4.78 is 40.3. The van der Waals surface area contributed by atoms with Crippen molar-refractivity contribution in [3.63, 3.8) is 0 Å². The number of hydrogen-bond acceptors (Lipinski definition) is 3. The number of hydrogen-bond donors (Lipinski definition) is 0. The molecule has 1 aliphatic heterocycles. The Morgan fingerprint density at radius 3 is 2.58 bits per heavy atom. The van der Waals surface area contributed by atoms with Crippen molar-refractivity contribution in [2.45, 2.75) is 50.9 Å². The molecule has 1 atom stereocenters. The lowest BCUT2D eigenvalue weighted by Gasteiger charge is -2.33. The molecule has 26 heavy (non-hydrogen) atoms. The van der Waals surface area contributed by atoms with Crippen molar-refractivity contribution in [1.29, 1.82) is 0 Å². The number of fused-ring (bicyclic) bond motifs is 1. The highest BCUT2D eigenvalue weighted by Crippen LogP contribution is 2.36. The number of nitrogens with zero attached hydrogens (tertiary/aromatic N) is 3. The first kappa shape index (κ1) is 17.5. The molecule has 2 heterocycles. The van der Waals surface area contributed by atoms with Crippen LogP contribution in [0.1, 0.15) is 44.0 Å². The van der Waals surface area contributed by atoms with E-state index in [1.165, 1.54) is 19.3 Å². The molecule has 4 nitrogen and oxygen atoms in total. The molecule has 1 aromatic heterocycles. The van der Waals surface area contributed by atoms with Crippen molar-refractivity contribution in [2.24, 2.45) is 5.92 Å². The van der Waals surface area contributed by atoms with Crippen molar-refractivity contribution in [3.05, 3.63) is 40.4 Å². The van der Waals surface area contributed by atoms with Crippen molar-refractivity contribution in [2.75, 3.05) is 13.1 Å². The van der Waals surface area contributed by atoms with E-state index >= 15 is 0 Å². The summed E-state index contributed by atoms with van der Waals surface area (Å²) in [6.07, 6.45) is 0.811. The minimum absolute atomic E-state index is 0.213. The van der Waals surface area contributed by atoms with E-state index in [1.54, 1.807) is 24.3 Å². The van der Waals surface area contributed by atoms with Crippen LogP contribution in [0.5, 0.6) is 0 Å². The molecule has 1 saturated carbocycles. The minimum Gasteiger partial charge on any atom is -0.293 e. The van der Waals surface area contributed by atoms with Gasteiger partial charge in [-0.3, -0.25) is 14.3 Å². The third-order valence-corrected chi connectivity index (χ3v) is 5.61. The van der Waals surface area contributed by atoms with Gasteiger partial charge in [0.2, 0.25) is 0 Å². The number of alkyl halides is 3. The summed E-state index contributed by atoms with van der Waals surface area (Å²) in [5, 5.41) is 0.240. The number of rotatable bonds is 4. The van der Waals surface area contributed by atoms with E-state index in [9.17, 15) is 18.0 Å². The normalized spacial score (nSPS) is 22.0. The van der Waals surface area contributed by atoms with Crippen LogP contribution in [0.4, 0.5) is 13.2 Å². The lowest BCUT2D eigenvalue weighted by atomic mass is 9.85. The minimum atomic E-state index is -4.46. The first-order valence-electron chi connectivity index (χ1n) is 9.22. The van der Waals surface area contributed by atoms with Crippen LogP contribution in [-0.4, -0.2) is 33.7 Å². The molecule has 1 unspecified atom stereocenters. The molecule has 1 aliphatic carbocycles. The maximum Gasteiger partial charge on any atom is 0.406 e. The van der Waals surface area contributed by atoms with Gasteiger partial charge in [0, 0.05) is 6.54 Å². The number of likely N-dealkylation sites (tertiary alicyclic amines) is 1. The lowest BCUT2D eigenvalue weighted by Crippen LogP contribution is -2.38. The number of benzene rings is 1. The molecule has 0 spiro atoms. The summed E-state index contributed by atoms with van der Waals surface area (Å²) >= 11 is 0. The second kappa shape index (κ2) is 6.68. The van der Waals surface area contributed by atoms with Gasteiger partial charge >= 0.3 is 6.18 Å². The van der Waals surface area contributed by atoms with Gasteiger partial charge in [-0.05, 0) is 50.3 Å². The van der Waals surface area contributed by atoms with Crippen LogP contribution in [0.15, 0.2) is 29.1 Å². The molecular weight excluding hydrogens is 343 g/mol. The molecular formula is C19H22F3N3O. The fourth-order valence-electron chi connectivity index (χ4n) is 4.12. The van der Waals surface area contributed by atoms with E-state index in [2.05, 4.69) is 9.88 Å². The summed E-state index contributed by atoms with van der Waals surface area (Å²) in [6.45, 7) is 0.460. The molecule has 0 bridgehead atoms. The summed E-state index contributed by atoms with van der Waals surface area (Å²) in [5.74, 6) is 0.890. The van der Waals surface area contributed by atoms with Gasteiger partial charge in [-0.25, -0.2) is 4.98 Å². The van der Waals surface area contributed by atoms with Gasteiger partial charge in [0.15, 0.2) is 0 Å². The second-order valence-electron chi connectivity index (χ2n) is 7.44. The predicted molar refractivity (Wildman–Crippen MR) is 92.9 cm³/mol. The summed E-state index contributed by atoms with van der Waals surface area (Å²) in [6, 6.07) is 6.44. The lowest BCUT2D eigenvalue weighted by molar-refractivity contribution is -0.142. The van der Waals surface area contributed by atoms with Gasteiger partial charge in [-0.1, -0.05) is 18.6 Å². The van der Waals surface area contributed by atoms with Gasteiger partial charge in [-0.2, -0.15) is 13.2 Å². The Labute approximate surface area is 149 Å². The van der Waals surface area contributed by atoms with Gasteiger partial charge < -0.3 is 0 Å². The Morgan fingerprint density at radius 1 is 1.12 bits per heavy atom. The van der Waals surface area contributed by atoms with Gasteiger partial charge in [-0.15, -0.1) is 0 Å². The first-order valence-corrected chi connectivity index (χ1v) is 9.22. The Balaban J connectivity index is 1.78. The highest BCUT2D eigenvalue weighted by molar-refractivity contribution is 5.77. The van der Waals surface area contributed by atoms with E-state index in [1.807, 2.05) is 0 Å². The Hall–Kier alpha value is -1.89. The largest absolute Gasteiger partial charge is 0.406 e. The zero-order valence-corrected chi connectivity index (χ0v) is 14.5. The van der Waals surface area contributed by atoms with Crippen molar-refractivity contribution < 1.29 is 13.2 Å². The smallest absolute Gasteiger partial charge is 0.293 e. The zero-order chi connectivity index (χ0) is 18.3. The third kappa shape index (κ3) is 3.37. The van der Waals surface area contributed by atoms with Gasteiger partial charge in [0.25, 0.3) is 5.56 Å². The maximum atomic E-state index is 13.2. The van der Waals surface area contributed by atoms with Crippen LogP contribution < -0.4 is 5.56 Å². The molecule has 4 rings (SSSR count). The van der Waals surface area contributed by atoms with Crippen LogP contribution in [0.2, 0.25) is 0 Å². The van der Waals surface area contributed by atoms with Gasteiger partial charge in [0.1, 0.15) is 12.4 Å². The van der Waals surface area contributed by atoms with Crippen LogP contribution in [0.3, 0.4) is 0 Å². The van der Waals surface area contributed by atoms with Gasteiger partial charge in [0.05, 0.1) is 16.9 Å². The Bertz CT molecular complexity index is 857. The summed E-state index contributed by atoms with van der Waals surface area (Å²) in [7, 11) is 0. The predicted octanol–water partition coefficient (Wildman–Crippen LogP) is 3.90. The summed E-state index contributed by atoms with van der Waals surface area (Å²) in [4.78, 5) is 19.5. The average Bonchev–Trinajstić information content (AvgIpc) is 3.00. The quantitative estimate of drug-likeness (QED) is 0.825. The van der Waals surface area contributed by atoms with E-state index in [0.29, 0.717) is 11.4 Å². The van der Waals surface area contributed by atoms with Crippen molar-refractivity contribution >= 4 is 10.9 Å². The van der Waals surface area contributed by atoms with Crippen LogP contribution in [-0.2, 0) is 6.54 Å². The standard InChI is InChI=1S/C19H22F3N3O/c20-19(21,22)12-25-17(23-15-8-2-1-7-14(15)18(25)26)16-9-4-10-24(16)11-13-5-3-6-13/h1-2,7-8,13,16H,3-6,9-12H2. The molecule has 7 heteroatoms. The fourth-order valence-corrected chi connectivity index (χ4v) is 4.12. The highest BCUT2D eigenvalue weighted by atomic mass is 19.4. The molecule has 0 radical (unpaired) electrons. The van der Waals surface area contributed by atoms with Crippen molar-refractivity contribution in [3.8, 4) is 0 Å². The Kier molecular flexibility index (Phi) is 4.50. The molecule has 2 aliphatic rings. The second-order valence-corrected chi connectivity index (χ2v) is 7.44. The van der Waals surface area contributed by atoms with E-state index in [4.69, 9.17) is 0 Å². The molecule has 2 fully saturated rings. The topological polar surface area (TPSA) is 38.1 Å². The van der Waals surface area contributed by atoms with E-state index in [0.717, 1.165) is 30.5 Å². The number of aromatic nitrogens is 2. The molecule has 0 amide bonds. The summed E-state index contributed by atoms with van der Waals surface area (Å²) in [5.41, 5.74) is -0.125. The maximum absolute atomic E-state index is 13.2. The van der Waals surface area contributed by atoms with Crippen LogP contribution >= 0.6 is 0 Å². The fraction of sp³-hybridized carbons (Fsp3) is 0.579. The molecule has 0 N–H and O–H groups in total. The highest BCUT2D eigenvalue weighted by Gasteiger charge is 2.36.